The van der Waals surface area contributed by atoms with Gasteiger partial charge in [0.2, 0.25) is 0 Å². The number of hydrogen-bond acceptors (Lipinski definition) is 1. The van der Waals surface area contributed by atoms with Crippen molar-refractivity contribution in [3.05, 3.63) is 12.7 Å². The molecule has 0 bridgehead atoms. The van der Waals surface area contributed by atoms with Gasteiger partial charge in [-0.2, -0.15) is 0 Å². The summed E-state index contributed by atoms with van der Waals surface area (Å²) in [6, 6.07) is 0. The molecule has 42 valence electrons. The standard InChI is InChI=1S/C4H7Cl2N/c1-2-3(5)4(6)7/h2-4H,1,7H2. The van der Waals surface area contributed by atoms with Crippen LogP contribution in [0.3, 0.4) is 0 Å². The van der Waals surface area contributed by atoms with E-state index in [1.807, 2.05) is 0 Å². The number of halogens is 2. The van der Waals surface area contributed by atoms with E-state index in [1.165, 1.54) is 6.08 Å². The van der Waals surface area contributed by atoms with Gasteiger partial charge in [-0.05, 0) is 0 Å². The summed E-state index contributed by atoms with van der Waals surface area (Å²) in [5.41, 5.74) is 4.59. The van der Waals surface area contributed by atoms with E-state index in [0.717, 1.165) is 0 Å². The van der Waals surface area contributed by atoms with Crippen molar-refractivity contribution in [1.82, 2.24) is 0 Å². The van der Waals surface area contributed by atoms with Gasteiger partial charge in [-0.15, -0.1) is 29.8 Å². The largest absolute Gasteiger partial charge is 0.314 e. The van der Waals surface area contributed by atoms with E-state index in [-0.39, 0.29) is 5.38 Å². The Kier molecular flexibility index (Phi) is 3.44. The number of nitrogens with two attached hydrogens (primary N) is 1. The minimum atomic E-state index is -0.515. The van der Waals surface area contributed by atoms with Crippen molar-refractivity contribution in [1.29, 1.82) is 0 Å². The molecule has 0 aliphatic heterocycles. The van der Waals surface area contributed by atoms with Gasteiger partial charge in [-0.3, -0.25) is 0 Å². The molecular weight excluding hydrogens is 133 g/mol. The maximum Gasteiger partial charge on any atom is 0.100 e. The van der Waals surface area contributed by atoms with Crippen molar-refractivity contribution in [2.24, 2.45) is 5.73 Å². The molecule has 3 heteroatoms. The van der Waals surface area contributed by atoms with Crippen molar-refractivity contribution < 1.29 is 0 Å². The Labute approximate surface area is 53.1 Å². The maximum absolute atomic E-state index is 5.43. The molecule has 0 saturated carbocycles. The van der Waals surface area contributed by atoms with Crippen LogP contribution in [0.5, 0.6) is 0 Å². The lowest BCUT2D eigenvalue weighted by Crippen LogP contribution is -2.21. The highest BCUT2D eigenvalue weighted by atomic mass is 35.5. The molecule has 0 amide bonds. The van der Waals surface area contributed by atoms with Crippen LogP contribution in [0.25, 0.3) is 0 Å². The van der Waals surface area contributed by atoms with E-state index >= 15 is 0 Å². The molecule has 0 aromatic heterocycles. The van der Waals surface area contributed by atoms with Gasteiger partial charge < -0.3 is 5.73 Å². The molecule has 2 unspecified atom stereocenters. The first kappa shape index (κ1) is 7.28. The predicted molar refractivity (Wildman–Crippen MR) is 33.7 cm³/mol. The molecule has 0 aromatic rings. The second-order valence-corrected chi connectivity index (χ2v) is 2.13. The highest BCUT2D eigenvalue weighted by Crippen LogP contribution is 2.03. The molecule has 7 heavy (non-hydrogen) atoms. The van der Waals surface area contributed by atoms with E-state index in [9.17, 15) is 0 Å². The summed E-state index contributed by atoms with van der Waals surface area (Å²) in [6.45, 7) is 3.39. The maximum atomic E-state index is 5.43. The van der Waals surface area contributed by atoms with E-state index < -0.39 is 5.50 Å². The van der Waals surface area contributed by atoms with E-state index in [1.54, 1.807) is 0 Å². The zero-order chi connectivity index (χ0) is 5.86. The van der Waals surface area contributed by atoms with Crippen LogP contribution in [0.1, 0.15) is 0 Å². The Balaban J connectivity index is 3.33. The third-order valence-corrected chi connectivity index (χ3v) is 1.38. The summed E-state index contributed by atoms with van der Waals surface area (Å²) in [5, 5.41) is -0.318. The number of hydrogen-bond donors (Lipinski definition) is 1. The molecular formula is C4H7Cl2N. The van der Waals surface area contributed by atoms with Crippen LogP contribution in [0, 0.1) is 0 Å². The normalized spacial score (nSPS) is 18.1. The Bertz CT molecular complexity index is 62.7. The molecule has 0 spiro atoms. The minimum Gasteiger partial charge on any atom is -0.314 e. The van der Waals surface area contributed by atoms with Crippen LogP contribution < -0.4 is 5.73 Å². The van der Waals surface area contributed by atoms with Gasteiger partial charge in [0, 0.05) is 0 Å². The van der Waals surface area contributed by atoms with Gasteiger partial charge in [0.1, 0.15) is 5.50 Å². The topological polar surface area (TPSA) is 26.0 Å². The molecule has 0 aromatic carbocycles. The van der Waals surface area contributed by atoms with Crippen LogP contribution >= 0.6 is 23.2 Å². The van der Waals surface area contributed by atoms with Gasteiger partial charge in [0.25, 0.3) is 0 Å². The van der Waals surface area contributed by atoms with Gasteiger partial charge in [0.05, 0.1) is 5.38 Å². The zero-order valence-corrected chi connectivity index (χ0v) is 5.28. The molecule has 0 aliphatic carbocycles. The molecule has 0 fully saturated rings. The van der Waals surface area contributed by atoms with Crippen LogP contribution in [0.4, 0.5) is 0 Å². The quantitative estimate of drug-likeness (QED) is 0.349. The van der Waals surface area contributed by atoms with Crippen LogP contribution in [0.2, 0.25) is 0 Å². The van der Waals surface area contributed by atoms with Gasteiger partial charge in [-0.1, -0.05) is 6.08 Å². The van der Waals surface area contributed by atoms with Gasteiger partial charge in [-0.25, -0.2) is 0 Å². The fourth-order valence-electron chi connectivity index (χ4n) is 0.130. The molecule has 0 aliphatic rings. The van der Waals surface area contributed by atoms with Crippen molar-refractivity contribution in [2.45, 2.75) is 10.9 Å². The summed E-state index contributed by atoms with van der Waals surface area (Å²) in [5.74, 6) is 0. The molecule has 0 rings (SSSR count). The average molecular weight is 140 g/mol. The lowest BCUT2D eigenvalue weighted by molar-refractivity contribution is 0.931. The van der Waals surface area contributed by atoms with Crippen molar-refractivity contribution in [3.8, 4) is 0 Å². The van der Waals surface area contributed by atoms with Gasteiger partial charge >= 0.3 is 0 Å². The SMILES string of the molecule is C=CC(Cl)C(N)Cl. The Morgan fingerprint density at radius 3 is 2.00 bits per heavy atom. The summed E-state index contributed by atoms with van der Waals surface area (Å²) < 4.78 is 0. The molecule has 0 radical (unpaired) electrons. The van der Waals surface area contributed by atoms with Crippen LogP contribution in [-0.2, 0) is 0 Å². The minimum absolute atomic E-state index is 0.318. The Morgan fingerprint density at radius 2 is 2.00 bits per heavy atom. The van der Waals surface area contributed by atoms with Crippen LogP contribution in [-0.4, -0.2) is 10.9 Å². The average Bonchev–Trinajstić information content (AvgIpc) is 1.65. The second-order valence-electron chi connectivity index (χ2n) is 1.12. The third kappa shape index (κ3) is 2.92. The Morgan fingerprint density at radius 1 is 1.57 bits per heavy atom. The molecule has 2 atom stereocenters. The zero-order valence-electron chi connectivity index (χ0n) is 3.77. The van der Waals surface area contributed by atoms with Crippen molar-refractivity contribution in [3.63, 3.8) is 0 Å². The summed E-state index contributed by atoms with van der Waals surface area (Å²) >= 11 is 10.7. The van der Waals surface area contributed by atoms with Crippen LogP contribution in [0.15, 0.2) is 12.7 Å². The fraction of sp³-hybridized carbons (Fsp3) is 0.500. The van der Waals surface area contributed by atoms with E-state index in [0.29, 0.717) is 0 Å². The first-order valence-electron chi connectivity index (χ1n) is 1.84. The third-order valence-electron chi connectivity index (χ3n) is 0.529. The summed E-state index contributed by atoms with van der Waals surface area (Å²) in [4.78, 5) is 0. The predicted octanol–water partition coefficient (Wildman–Crippen LogP) is 1.30. The highest BCUT2D eigenvalue weighted by Gasteiger charge is 2.04. The molecule has 2 N–H and O–H groups in total. The first-order valence-corrected chi connectivity index (χ1v) is 2.72. The molecule has 0 saturated heterocycles. The monoisotopic (exact) mass is 139 g/mol. The van der Waals surface area contributed by atoms with Crippen molar-refractivity contribution >= 4 is 23.2 Å². The second kappa shape index (κ2) is 3.30. The molecule has 0 heterocycles. The molecule has 1 nitrogen and oxygen atoms in total. The first-order chi connectivity index (χ1) is 3.18. The summed E-state index contributed by atoms with van der Waals surface area (Å²) in [7, 11) is 0. The Hall–Kier alpha value is 0.280. The lowest BCUT2D eigenvalue weighted by atomic mass is 10.4. The highest BCUT2D eigenvalue weighted by molar-refractivity contribution is 6.30. The summed E-state index contributed by atoms with van der Waals surface area (Å²) in [6.07, 6.45) is 1.50. The number of rotatable bonds is 2. The fourth-order valence-corrected chi connectivity index (χ4v) is 0.233. The van der Waals surface area contributed by atoms with Crippen molar-refractivity contribution in [2.75, 3.05) is 0 Å². The number of alkyl halides is 2. The van der Waals surface area contributed by atoms with E-state index in [2.05, 4.69) is 6.58 Å². The van der Waals surface area contributed by atoms with Gasteiger partial charge in [0.15, 0.2) is 0 Å². The smallest absolute Gasteiger partial charge is 0.100 e. The lowest BCUT2D eigenvalue weighted by Gasteiger charge is -2.02. The van der Waals surface area contributed by atoms with E-state index in [4.69, 9.17) is 28.9 Å².